The van der Waals surface area contributed by atoms with Crippen molar-refractivity contribution in [2.75, 3.05) is 20.2 Å². The van der Waals surface area contributed by atoms with Crippen LogP contribution in [0, 0.1) is 0 Å². The van der Waals surface area contributed by atoms with Gasteiger partial charge < -0.3 is 20.6 Å². The number of benzene rings is 1. The molecule has 1 aromatic carbocycles. The number of unbranched alkanes of at least 4 members (excludes halogenated alkanes) is 3. The number of allylic oxidation sites excluding steroid dienone is 4. The van der Waals surface area contributed by atoms with Gasteiger partial charge in [-0.1, -0.05) is 95.9 Å². The molecule has 0 radical (unpaired) electrons. The predicted molar refractivity (Wildman–Crippen MR) is 141 cm³/mol. The number of carbonyl (C=O) groups is 1. The molecule has 1 atom stereocenters. The molecule has 5 heteroatoms. The Morgan fingerprint density at radius 3 is 2.33 bits per heavy atom. The quantitative estimate of drug-likeness (QED) is 0.229. The highest BCUT2D eigenvalue weighted by Crippen LogP contribution is 2.26. The van der Waals surface area contributed by atoms with Crippen LogP contribution in [0.3, 0.4) is 0 Å². The van der Waals surface area contributed by atoms with Crippen molar-refractivity contribution in [3.05, 3.63) is 65.3 Å². The molecule has 0 aliphatic heterocycles. The molecule has 4 N–H and O–H groups in total. The minimum Gasteiger partial charge on any atom is -0.483 e. The molecule has 0 heterocycles. The highest BCUT2D eigenvalue weighted by atomic mass is 16.3. The van der Waals surface area contributed by atoms with Gasteiger partial charge in [0, 0.05) is 13.7 Å². The van der Waals surface area contributed by atoms with Crippen molar-refractivity contribution < 1.29 is 20.1 Å². The number of nitrogens with one attached hydrogen (secondary N) is 1. The second-order valence-corrected chi connectivity index (χ2v) is 7.28. The first-order valence-corrected chi connectivity index (χ1v) is 12.2. The van der Waals surface area contributed by atoms with Crippen molar-refractivity contribution in [3.63, 3.8) is 0 Å². The maximum Gasteiger partial charge on any atom is 0.290 e. The van der Waals surface area contributed by atoms with Gasteiger partial charge in [0.2, 0.25) is 0 Å². The minimum absolute atomic E-state index is 0.250. The first-order valence-electron chi connectivity index (χ1n) is 12.2. The van der Waals surface area contributed by atoms with E-state index in [-0.39, 0.29) is 12.6 Å². The molecule has 1 unspecified atom stereocenters. The first-order chi connectivity index (χ1) is 16.2. The molecule has 0 bridgehead atoms. The normalized spacial score (nSPS) is 12.8. The molecule has 2 rings (SSSR count). The Balaban J connectivity index is 0. The van der Waals surface area contributed by atoms with E-state index in [9.17, 15) is 5.11 Å². The molecule has 0 fully saturated rings. The van der Waals surface area contributed by atoms with Crippen LogP contribution in [0.5, 0.6) is 0 Å². The summed E-state index contributed by atoms with van der Waals surface area (Å²) >= 11 is 0. The Hall–Kier alpha value is -2.21. The maximum atomic E-state index is 10.5. The van der Waals surface area contributed by atoms with Crippen molar-refractivity contribution >= 4 is 12.0 Å². The number of hydrogen-bond acceptors (Lipinski definition) is 4. The van der Waals surface area contributed by atoms with Crippen LogP contribution in [0.4, 0.5) is 0 Å². The minimum atomic E-state index is -0.353. The van der Waals surface area contributed by atoms with E-state index in [1.165, 1.54) is 42.4 Å². The van der Waals surface area contributed by atoms with Crippen LogP contribution in [-0.2, 0) is 4.79 Å². The van der Waals surface area contributed by atoms with E-state index < -0.39 is 0 Å². The Bertz CT molecular complexity index is 680. The van der Waals surface area contributed by atoms with Gasteiger partial charge in [0.05, 0.1) is 6.10 Å². The molecule has 5 nitrogen and oxygen atoms in total. The summed E-state index contributed by atoms with van der Waals surface area (Å²) in [4.78, 5) is 8.36. The van der Waals surface area contributed by atoms with Gasteiger partial charge in [-0.3, -0.25) is 4.79 Å². The number of rotatable bonds is 11. The van der Waals surface area contributed by atoms with Gasteiger partial charge >= 0.3 is 0 Å². The van der Waals surface area contributed by atoms with Crippen molar-refractivity contribution in [1.82, 2.24) is 5.32 Å². The number of aliphatic hydroxyl groups is 2. The molecule has 0 aromatic heterocycles. The summed E-state index contributed by atoms with van der Waals surface area (Å²) in [6.07, 6.45) is 16.4. The van der Waals surface area contributed by atoms with E-state index in [1.54, 1.807) is 0 Å². The molecule has 0 saturated carbocycles. The van der Waals surface area contributed by atoms with Crippen LogP contribution in [-0.4, -0.2) is 42.0 Å². The third-order valence-electron chi connectivity index (χ3n) is 4.92. The third-order valence-corrected chi connectivity index (χ3v) is 4.92. The van der Waals surface area contributed by atoms with E-state index in [2.05, 4.69) is 61.7 Å². The topological polar surface area (TPSA) is 89.8 Å². The second kappa shape index (κ2) is 24.4. The van der Waals surface area contributed by atoms with Crippen LogP contribution >= 0.6 is 0 Å². The van der Waals surface area contributed by atoms with Gasteiger partial charge in [0.25, 0.3) is 6.47 Å². The third kappa shape index (κ3) is 16.1. The molecule has 1 aliphatic carbocycles. The molecule has 188 valence electrons. The van der Waals surface area contributed by atoms with Crippen LogP contribution in [0.1, 0.15) is 89.9 Å². The Kier molecular flexibility index (Phi) is 24.4. The second-order valence-electron chi connectivity index (χ2n) is 7.28. The van der Waals surface area contributed by atoms with Crippen LogP contribution in [0.2, 0.25) is 0 Å². The highest BCUT2D eigenvalue weighted by Gasteiger charge is 2.09. The van der Waals surface area contributed by atoms with E-state index in [1.807, 2.05) is 19.9 Å². The van der Waals surface area contributed by atoms with E-state index in [0.29, 0.717) is 0 Å². The molecule has 33 heavy (non-hydrogen) atoms. The van der Waals surface area contributed by atoms with Gasteiger partial charge in [-0.15, -0.1) is 0 Å². The Morgan fingerprint density at radius 1 is 1.03 bits per heavy atom. The summed E-state index contributed by atoms with van der Waals surface area (Å²) in [5.41, 5.74) is 4.82. The Morgan fingerprint density at radius 2 is 1.70 bits per heavy atom. The summed E-state index contributed by atoms with van der Waals surface area (Å²) < 4.78 is 0. The van der Waals surface area contributed by atoms with Gasteiger partial charge in [0.15, 0.2) is 0 Å². The molecule has 1 aromatic rings. The zero-order chi connectivity index (χ0) is 25.3. The Labute approximate surface area is 201 Å². The lowest BCUT2D eigenvalue weighted by atomic mass is 9.97. The van der Waals surface area contributed by atoms with E-state index in [4.69, 9.17) is 15.0 Å². The van der Waals surface area contributed by atoms with E-state index >= 15 is 0 Å². The van der Waals surface area contributed by atoms with Gasteiger partial charge in [0.1, 0.15) is 0 Å². The monoisotopic (exact) mass is 461 g/mol. The molecular weight excluding hydrogens is 414 g/mol. The fourth-order valence-corrected chi connectivity index (χ4v) is 3.23. The smallest absolute Gasteiger partial charge is 0.290 e. The summed E-state index contributed by atoms with van der Waals surface area (Å²) in [6.45, 7) is 10.2. The van der Waals surface area contributed by atoms with Crippen molar-refractivity contribution in [2.45, 2.75) is 78.7 Å². The lowest BCUT2D eigenvalue weighted by Crippen LogP contribution is -2.17. The molecular formula is C28H47NO4. The van der Waals surface area contributed by atoms with Crippen LogP contribution in [0.25, 0.3) is 5.57 Å². The van der Waals surface area contributed by atoms with Crippen LogP contribution < -0.4 is 5.32 Å². The first kappa shape index (κ1) is 33.0. The standard InChI is InChI=1S/C24H35NO.C2H6.CH2O2.CH4O/c1-3-5-7-14-24(26)23-13-9-12-22(18-23)21-11-8-10-20(15-16-21)19-25-17-6-4-2;1-2;2-1-3;1-2/h9-13,15-16,18,24-26H,3-8,14,17,19H2,1-2H3;1-2H3;1H,(H,2,3);2H,1H3. The summed E-state index contributed by atoms with van der Waals surface area (Å²) in [5, 5.41) is 27.9. The van der Waals surface area contributed by atoms with E-state index in [0.717, 1.165) is 45.0 Å². The number of carboxylic acid groups (broad SMARTS) is 1. The lowest BCUT2D eigenvalue weighted by Gasteiger charge is -2.12. The van der Waals surface area contributed by atoms with Gasteiger partial charge in [-0.05, 0) is 54.1 Å². The van der Waals surface area contributed by atoms with Crippen molar-refractivity contribution in [1.29, 1.82) is 0 Å². The summed E-state index contributed by atoms with van der Waals surface area (Å²) in [5.74, 6) is 0. The van der Waals surface area contributed by atoms with Gasteiger partial charge in [-0.2, -0.15) is 0 Å². The zero-order valence-electron chi connectivity index (χ0n) is 21.4. The highest BCUT2D eigenvalue weighted by molar-refractivity contribution is 5.75. The molecule has 0 amide bonds. The van der Waals surface area contributed by atoms with Crippen molar-refractivity contribution in [2.24, 2.45) is 0 Å². The summed E-state index contributed by atoms with van der Waals surface area (Å²) in [7, 11) is 1.00. The largest absolute Gasteiger partial charge is 0.483 e. The number of hydrogen-bond donors (Lipinski definition) is 4. The summed E-state index contributed by atoms with van der Waals surface area (Å²) in [6, 6.07) is 8.40. The molecule has 1 aliphatic rings. The predicted octanol–water partition coefficient (Wildman–Crippen LogP) is 6.30. The SMILES string of the molecule is CC.CCCCCC(O)c1cccc(C2=CCC=C(CNCCCC)C=C2)c1.CO.O=CO. The van der Waals surface area contributed by atoms with Crippen LogP contribution in [0.15, 0.2) is 54.1 Å². The average molecular weight is 462 g/mol. The van der Waals surface area contributed by atoms with Crippen molar-refractivity contribution in [3.8, 4) is 0 Å². The van der Waals surface area contributed by atoms with Gasteiger partial charge in [-0.25, -0.2) is 0 Å². The fourth-order valence-electron chi connectivity index (χ4n) is 3.23. The fraction of sp³-hybridized carbons (Fsp3) is 0.536. The maximum absolute atomic E-state index is 10.5. The molecule has 0 saturated heterocycles. The number of aliphatic hydroxyl groups excluding tert-OH is 2. The zero-order valence-corrected chi connectivity index (χ0v) is 21.4. The average Bonchev–Trinajstić information content (AvgIpc) is 3.11. The molecule has 0 spiro atoms. The lowest BCUT2D eigenvalue weighted by molar-refractivity contribution is -0.122.